The zero-order valence-electron chi connectivity index (χ0n) is 30.2. The van der Waals surface area contributed by atoms with Gasteiger partial charge in [-0.25, -0.2) is 0 Å². The van der Waals surface area contributed by atoms with Gasteiger partial charge in [0.25, 0.3) is 0 Å². The van der Waals surface area contributed by atoms with E-state index in [1.165, 1.54) is 54.9 Å². The Morgan fingerprint density at radius 2 is 1.06 bits per heavy atom. The molecule has 1 heterocycles. The van der Waals surface area contributed by atoms with E-state index in [1.54, 1.807) is 0 Å². The molecule has 2 heteroatoms. The number of rotatable bonds is 7. The van der Waals surface area contributed by atoms with Gasteiger partial charge in [0.1, 0.15) is 11.3 Å². The van der Waals surface area contributed by atoms with E-state index in [-0.39, 0.29) is 0 Å². The first kappa shape index (κ1) is 32.3. The number of aryl methyl sites for hydroxylation is 3. The van der Waals surface area contributed by atoms with Gasteiger partial charge in [0, 0.05) is 33.3 Å². The normalized spacial score (nSPS) is 11.4. The highest BCUT2D eigenvalue weighted by molar-refractivity contribution is 6.14. The van der Waals surface area contributed by atoms with Crippen LogP contribution in [0.5, 0.6) is 0 Å². The molecule has 0 amide bonds. The zero-order valence-corrected chi connectivity index (χ0v) is 30.2. The van der Waals surface area contributed by atoms with Gasteiger partial charge in [-0.3, -0.25) is 0 Å². The van der Waals surface area contributed by atoms with Gasteiger partial charge in [0.2, 0.25) is 0 Å². The number of hydrogen-bond acceptors (Lipinski definition) is 2. The van der Waals surface area contributed by atoms with E-state index in [1.807, 2.05) is 13.0 Å². The van der Waals surface area contributed by atoms with Gasteiger partial charge >= 0.3 is 0 Å². The molecule has 0 unspecified atom stereocenters. The van der Waals surface area contributed by atoms with Crippen LogP contribution in [0.25, 0.3) is 72.0 Å². The van der Waals surface area contributed by atoms with Crippen LogP contribution in [0, 0.1) is 20.8 Å². The highest BCUT2D eigenvalue weighted by Gasteiger charge is 2.19. The first-order valence-electron chi connectivity index (χ1n) is 18.2. The largest absolute Gasteiger partial charge is 0.460 e. The Balaban J connectivity index is 1.18. The minimum atomic E-state index is 0.883. The summed E-state index contributed by atoms with van der Waals surface area (Å²) in [6.07, 6.45) is 1.88. The van der Waals surface area contributed by atoms with Gasteiger partial charge in [-0.05, 0) is 112 Å². The second-order valence-corrected chi connectivity index (χ2v) is 13.9. The quantitative estimate of drug-likeness (QED) is 0.156. The summed E-state index contributed by atoms with van der Waals surface area (Å²) in [6.45, 7) is 10.4. The summed E-state index contributed by atoms with van der Waals surface area (Å²) in [6, 6.07) is 59.4. The average molecular weight is 682 g/mol. The fourth-order valence-electron chi connectivity index (χ4n) is 7.94. The Labute approximate surface area is 310 Å². The van der Waals surface area contributed by atoms with E-state index in [2.05, 4.69) is 189 Å². The third-order valence-electron chi connectivity index (χ3n) is 10.7. The minimum absolute atomic E-state index is 0.883. The molecule has 9 rings (SSSR count). The molecule has 0 aliphatic heterocycles. The first-order valence-corrected chi connectivity index (χ1v) is 18.2. The lowest BCUT2D eigenvalue weighted by Crippen LogP contribution is -2.10. The lowest BCUT2D eigenvalue weighted by Gasteiger charge is -2.28. The Morgan fingerprint density at radius 1 is 0.472 bits per heavy atom. The number of furan rings is 1. The van der Waals surface area contributed by atoms with Gasteiger partial charge in [0.15, 0.2) is 0 Å². The maximum atomic E-state index is 6.29. The lowest BCUT2D eigenvalue weighted by atomic mass is 9.93. The molecule has 254 valence electrons. The Hall–Kier alpha value is -6.64. The van der Waals surface area contributed by atoms with Crippen molar-refractivity contribution in [1.82, 2.24) is 0 Å². The highest BCUT2D eigenvalue weighted by atomic mass is 16.3. The molecule has 0 saturated heterocycles. The van der Waals surface area contributed by atoms with Crippen molar-refractivity contribution in [1.29, 1.82) is 0 Å². The van der Waals surface area contributed by atoms with Crippen LogP contribution in [0.3, 0.4) is 0 Å². The second-order valence-electron chi connectivity index (χ2n) is 13.9. The van der Waals surface area contributed by atoms with Crippen molar-refractivity contribution < 1.29 is 4.42 Å². The number of nitrogens with zero attached hydrogens (tertiary/aromatic N) is 1. The molecule has 0 spiro atoms. The Morgan fingerprint density at radius 3 is 1.79 bits per heavy atom. The first-order chi connectivity index (χ1) is 26.0. The highest BCUT2D eigenvalue weighted by Crippen LogP contribution is 2.44. The number of fused-ring (bicyclic) bond motifs is 4. The number of para-hydroxylation sites is 1. The molecule has 0 bridgehead atoms. The van der Waals surface area contributed by atoms with Gasteiger partial charge in [-0.1, -0.05) is 140 Å². The molecule has 0 radical (unpaired) electrons. The summed E-state index contributed by atoms with van der Waals surface area (Å²) in [5.41, 5.74) is 14.9. The van der Waals surface area contributed by atoms with Gasteiger partial charge in [0.05, 0.1) is 5.69 Å². The molecule has 0 N–H and O–H groups in total. The van der Waals surface area contributed by atoms with Crippen molar-refractivity contribution in [2.24, 2.45) is 0 Å². The van der Waals surface area contributed by atoms with E-state index in [0.29, 0.717) is 0 Å². The number of anilines is 3. The molecule has 0 aliphatic carbocycles. The molecule has 0 aliphatic rings. The molecule has 0 fully saturated rings. The summed E-state index contributed by atoms with van der Waals surface area (Å²) < 4.78 is 6.29. The van der Waals surface area contributed by atoms with Gasteiger partial charge < -0.3 is 9.32 Å². The second kappa shape index (κ2) is 13.2. The third-order valence-corrected chi connectivity index (χ3v) is 10.7. The molecule has 2 nitrogen and oxygen atoms in total. The molecule has 0 atom stereocenters. The molecule has 8 aromatic carbocycles. The van der Waals surface area contributed by atoms with Crippen LogP contribution in [0.15, 0.2) is 175 Å². The van der Waals surface area contributed by atoms with Crippen molar-refractivity contribution in [3.05, 3.63) is 193 Å². The number of hydrogen-bond donors (Lipinski definition) is 0. The standard InChI is InChI=1S/C51H39NO/c1-5-42-35(4)53-51-45(19-12-20-48(42)51)37-25-29-41(30-26-37)52(50-32-39-14-7-9-16-44(39)46-17-10-11-18-47(46)50)40-27-23-36(24-28-40)38-22-21-34(3)49(31-38)43-15-8-6-13-33(43)2/h5-32H,1H2,2-4H3. The Kier molecular flexibility index (Phi) is 8.01. The smallest absolute Gasteiger partial charge is 0.142 e. The summed E-state index contributed by atoms with van der Waals surface area (Å²) in [7, 11) is 0. The predicted molar refractivity (Wildman–Crippen MR) is 227 cm³/mol. The van der Waals surface area contributed by atoms with Crippen LogP contribution in [0.1, 0.15) is 22.5 Å². The van der Waals surface area contributed by atoms with Crippen molar-refractivity contribution in [3.8, 4) is 33.4 Å². The van der Waals surface area contributed by atoms with E-state index in [9.17, 15) is 0 Å². The van der Waals surface area contributed by atoms with Crippen molar-refractivity contribution in [2.45, 2.75) is 20.8 Å². The minimum Gasteiger partial charge on any atom is -0.460 e. The van der Waals surface area contributed by atoms with Crippen LogP contribution < -0.4 is 4.90 Å². The topological polar surface area (TPSA) is 16.4 Å². The van der Waals surface area contributed by atoms with E-state index >= 15 is 0 Å². The van der Waals surface area contributed by atoms with Crippen molar-refractivity contribution in [3.63, 3.8) is 0 Å². The SMILES string of the molecule is C=Cc1c(C)oc2c(-c3ccc(N(c4ccc(-c5ccc(C)c(-c6ccccc6C)c5)cc4)c4cc5ccccc5c5ccccc45)cc3)cccc12. The maximum Gasteiger partial charge on any atom is 0.142 e. The molecule has 1 aromatic heterocycles. The van der Waals surface area contributed by atoms with Crippen molar-refractivity contribution >= 4 is 55.7 Å². The summed E-state index contributed by atoms with van der Waals surface area (Å²) in [4.78, 5) is 2.39. The van der Waals surface area contributed by atoms with E-state index in [4.69, 9.17) is 4.42 Å². The average Bonchev–Trinajstić information content (AvgIpc) is 3.54. The molecular weight excluding hydrogens is 643 g/mol. The van der Waals surface area contributed by atoms with Crippen LogP contribution in [-0.4, -0.2) is 0 Å². The molecular formula is C51H39NO. The Bertz CT molecular complexity index is 2820. The summed E-state index contributed by atoms with van der Waals surface area (Å²) in [5, 5.41) is 5.99. The number of benzene rings is 8. The van der Waals surface area contributed by atoms with E-state index in [0.717, 1.165) is 50.5 Å². The zero-order chi connectivity index (χ0) is 36.1. The predicted octanol–water partition coefficient (Wildman–Crippen LogP) is 14.8. The van der Waals surface area contributed by atoms with Crippen molar-refractivity contribution in [2.75, 3.05) is 4.90 Å². The monoisotopic (exact) mass is 681 g/mol. The molecule has 53 heavy (non-hydrogen) atoms. The summed E-state index contributed by atoms with van der Waals surface area (Å²) in [5.74, 6) is 0.883. The fraction of sp³-hybridized carbons (Fsp3) is 0.0588. The van der Waals surface area contributed by atoms with Gasteiger partial charge in [-0.15, -0.1) is 0 Å². The molecule has 0 saturated carbocycles. The van der Waals surface area contributed by atoms with Crippen LogP contribution in [0.2, 0.25) is 0 Å². The fourth-order valence-corrected chi connectivity index (χ4v) is 7.94. The van der Waals surface area contributed by atoms with Crippen LogP contribution in [0.4, 0.5) is 17.1 Å². The van der Waals surface area contributed by atoms with Crippen LogP contribution in [-0.2, 0) is 0 Å². The summed E-state index contributed by atoms with van der Waals surface area (Å²) >= 11 is 0. The van der Waals surface area contributed by atoms with Gasteiger partial charge in [-0.2, -0.15) is 0 Å². The molecule has 9 aromatic rings. The van der Waals surface area contributed by atoms with Crippen LogP contribution >= 0.6 is 0 Å². The maximum absolute atomic E-state index is 6.29. The lowest BCUT2D eigenvalue weighted by molar-refractivity contribution is 0.578. The third kappa shape index (κ3) is 5.60. The van der Waals surface area contributed by atoms with E-state index < -0.39 is 0 Å².